The Bertz CT molecular complexity index is 869. The predicted octanol–water partition coefficient (Wildman–Crippen LogP) is 2.98. The van der Waals surface area contributed by atoms with Gasteiger partial charge in [-0.15, -0.1) is 0 Å². The highest BCUT2D eigenvalue weighted by molar-refractivity contribution is 8.03. The Hall–Kier alpha value is -2.69. The number of allylic oxidation sites excluding steroid dienone is 2. The SMILES string of the molecule is C=CCOC(=O)C1=C(C)NC(SCC(N)=O)=C(C#N)C1c1ccc(Cl)cc1. The number of carbonyl (C=O) groups excluding carboxylic acids is 2. The smallest absolute Gasteiger partial charge is 0.337 e. The van der Waals surface area contributed by atoms with Gasteiger partial charge in [-0.05, 0) is 24.6 Å². The fraction of sp³-hybridized carbons (Fsp3) is 0.211. The first-order valence-electron chi connectivity index (χ1n) is 7.95. The van der Waals surface area contributed by atoms with Gasteiger partial charge in [0.15, 0.2) is 0 Å². The van der Waals surface area contributed by atoms with Crippen LogP contribution in [0.2, 0.25) is 5.02 Å². The number of nitrogens with one attached hydrogen (secondary N) is 1. The molecule has 1 aromatic rings. The van der Waals surface area contributed by atoms with Crippen LogP contribution in [0.25, 0.3) is 0 Å². The lowest BCUT2D eigenvalue weighted by molar-refractivity contribution is -0.138. The number of amides is 1. The number of rotatable bonds is 7. The highest BCUT2D eigenvalue weighted by Gasteiger charge is 2.35. The van der Waals surface area contributed by atoms with Gasteiger partial charge < -0.3 is 15.8 Å². The molecular weight excluding hydrogens is 386 g/mol. The summed E-state index contributed by atoms with van der Waals surface area (Å²) >= 11 is 7.09. The zero-order chi connectivity index (χ0) is 20.0. The molecule has 2 rings (SSSR count). The van der Waals surface area contributed by atoms with Crippen LogP contribution in [-0.2, 0) is 14.3 Å². The molecule has 0 aliphatic carbocycles. The van der Waals surface area contributed by atoms with Crippen LogP contribution in [0.4, 0.5) is 0 Å². The van der Waals surface area contributed by atoms with Crippen molar-refractivity contribution < 1.29 is 14.3 Å². The number of ether oxygens (including phenoxy) is 1. The van der Waals surface area contributed by atoms with Crippen LogP contribution in [0.15, 0.2) is 58.8 Å². The molecule has 8 heteroatoms. The fourth-order valence-corrected chi connectivity index (χ4v) is 3.60. The second kappa shape index (κ2) is 9.31. The summed E-state index contributed by atoms with van der Waals surface area (Å²) in [4.78, 5) is 23.8. The summed E-state index contributed by atoms with van der Waals surface area (Å²) in [5.41, 5.74) is 7.09. The Kier molecular flexibility index (Phi) is 7.11. The van der Waals surface area contributed by atoms with Crippen molar-refractivity contribution in [3.63, 3.8) is 0 Å². The van der Waals surface area contributed by atoms with Crippen LogP contribution in [-0.4, -0.2) is 24.2 Å². The van der Waals surface area contributed by atoms with Crippen LogP contribution in [0, 0.1) is 11.3 Å². The first kappa shape index (κ1) is 20.6. The molecular formula is C19H18ClN3O3S. The molecule has 0 radical (unpaired) electrons. The van der Waals surface area contributed by atoms with Crippen molar-refractivity contribution in [1.29, 1.82) is 5.26 Å². The van der Waals surface area contributed by atoms with Gasteiger partial charge in [0, 0.05) is 10.7 Å². The molecule has 1 aliphatic rings. The van der Waals surface area contributed by atoms with E-state index in [-0.39, 0.29) is 12.4 Å². The molecule has 1 amide bonds. The number of carbonyl (C=O) groups is 2. The van der Waals surface area contributed by atoms with Crippen LogP contribution >= 0.6 is 23.4 Å². The molecule has 0 fully saturated rings. The quantitative estimate of drug-likeness (QED) is 0.535. The molecule has 0 spiro atoms. The van der Waals surface area contributed by atoms with E-state index in [0.717, 1.165) is 11.8 Å². The molecule has 3 N–H and O–H groups in total. The molecule has 1 atom stereocenters. The zero-order valence-electron chi connectivity index (χ0n) is 14.6. The largest absolute Gasteiger partial charge is 0.458 e. The molecule has 1 aliphatic heterocycles. The second-order valence-corrected chi connectivity index (χ2v) is 7.07. The van der Waals surface area contributed by atoms with Gasteiger partial charge in [-0.25, -0.2) is 4.79 Å². The number of primary amides is 1. The third-order valence-corrected chi connectivity index (χ3v) is 5.05. The van der Waals surface area contributed by atoms with E-state index in [0.29, 0.717) is 32.5 Å². The summed E-state index contributed by atoms with van der Waals surface area (Å²) in [6.07, 6.45) is 1.47. The van der Waals surface area contributed by atoms with Gasteiger partial charge in [0.2, 0.25) is 5.91 Å². The zero-order valence-corrected chi connectivity index (χ0v) is 16.2. The van der Waals surface area contributed by atoms with Crippen molar-refractivity contribution in [2.24, 2.45) is 5.73 Å². The number of benzene rings is 1. The number of nitrogens with two attached hydrogens (primary N) is 1. The minimum Gasteiger partial charge on any atom is -0.458 e. The molecule has 6 nitrogen and oxygen atoms in total. The van der Waals surface area contributed by atoms with Crippen molar-refractivity contribution >= 4 is 35.2 Å². The fourth-order valence-electron chi connectivity index (χ4n) is 2.64. The molecule has 140 valence electrons. The van der Waals surface area contributed by atoms with Gasteiger partial charge in [-0.3, -0.25) is 4.79 Å². The Labute approximate surface area is 166 Å². The van der Waals surface area contributed by atoms with Crippen LogP contribution in [0.1, 0.15) is 18.4 Å². The number of thioether (sulfide) groups is 1. The normalized spacial score (nSPS) is 16.4. The average molecular weight is 404 g/mol. The van der Waals surface area contributed by atoms with Crippen molar-refractivity contribution in [2.75, 3.05) is 12.4 Å². The summed E-state index contributed by atoms with van der Waals surface area (Å²) in [6.45, 7) is 5.30. The monoisotopic (exact) mass is 403 g/mol. The van der Waals surface area contributed by atoms with E-state index >= 15 is 0 Å². The number of hydrogen-bond donors (Lipinski definition) is 2. The summed E-state index contributed by atoms with van der Waals surface area (Å²) in [7, 11) is 0. The van der Waals surface area contributed by atoms with Crippen LogP contribution < -0.4 is 11.1 Å². The van der Waals surface area contributed by atoms with E-state index in [4.69, 9.17) is 22.1 Å². The van der Waals surface area contributed by atoms with Gasteiger partial charge >= 0.3 is 5.97 Å². The van der Waals surface area contributed by atoms with Crippen molar-refractivity contribution in [3.05, 3.63) is 69.4 Å². The molecule has 1 aromatic carbocycles. The van der Waals surface area contributed by atoms with E-state index in [2.05, 4.69) is 18.0 Å². The minimum atomic E-state index is -0.652. The lowest BCUT2D eigenvalue weighted by Crippen LogP contribution is -2.29. The summed E-state index contributed by atoms with van der Waals surface area (Å²) in [5.74, 6) is -1.70. The molecule has 0 bridgehead atoms. The molecule has 0 saturated carbocycles. The predicted molar refractivity (Wildman–Crippen MR) is 105 cm³/mol. The van der Waals surface area contributed by atoms with E-state index in [1.165, 1.54) is 6.08 Å². The number of esters is 1. The first-order valence-corrected chi connectivity index (χ1v) is 9.32. The maximum atomic E-state index is 12.6. The van der Waals surface area contributed by atoms with Gasteiger partial charge in [0.1, 0.15) is 6.61 Å². The number of halogens is 1. The Morgan fingerprint density at radius 1 is 1.44 bits per heavy atom. The van der Waals surface area contributed by atoms with Crippen molar-refractivity contribution in [2.45, 2.75) is 12.8 Å². The van der Waals surface area contributed by atoms with Crippen molar-refractivity contribution in [3.8, 4) is 6.07 Å². The number of hydrogen-bond acceptors (Lipinski definition) is 6. The molecule has 0 aromatic heterocycles. The Morgan fingerprint density at radius 3 is 2.67 bits per heavy atom. The van der Waals surface area contributed by atoms with E-state index in [1.54, 1.807) is 31.2 Å². The van der Waals surface area contributed by atoms with Gasteiger partial charge in [0.05, 0.1) is 33.9 Å². The van der Waals surface area contributed by atoms with Crippen LogP contribution in [0.3, 0.4) is 0 Å². The third kappa shape index (κ3) is 4.94. The lowest BCUT2D eigenvalue weighted by atomic mass is 9.82. The summed E-state index contributed by atoms with van der Waals surface area (Å²) in [6, 6.07) is 9.03. The molecule has 1 unspecified atom stereocenters. The molecule has 0 saturated heterocycles. The summed E-state index contributed by atoms with van der Waals surface area (Å²) in [5, 5.41) is 13.8. The highest BCUT2D eigenvalue weighted by Crippen LogP contribution is 2.41. The van der Waals surface area contributed by atoms with Gasteiger partial charge in [-0.2, -0.15) is 5.26 Å². The summed E-state index contributed by atoms with van der Waals surface area (Å²) < 4.78 is 5.21. The minimum absolute atomic E-state index is 0.00434. The van der Waals surface area contributed by atoms with E-state index in [1.807, 2.05) is 0 Å². The maximum Gasteiger partial charge on any atom is 0.337 e. The highest BCUT2D eigenvalue weighted by atomic mass is 35.5. The lowest BCUT2D eigenvalue weighted by Gasteiger charge is -2.29. The van der Waals surface area contributed by atoms with E-state index in [9.17, 15) is 14.9 Å². The van der Waals surface area contributed by atoms with E-state index < -0.39 is 17.8 Å². The maximum absolute atomic E-state index is 12.6. The van der Waals surface area contributed by atoms with Crippen LogP contribution in [0.5, 0.6) is 0 Å². The number of nitrogens with zero attached hydrogens (tertiary/aromatic N) is 1. The topological polar surface area (TPSA) is 105 Å². The molecule has 1 heterocycles. The standard InChI is InChI=1S/C19H18ClN3O3S/c1-3-8-26-19(25)16-11(2)23-18(27-10-15(22)24)14(9-21)17(16)12-4-6-13(20)7-5-12/h3-7,17,23H,1,8,10H2,2H3,(H2,22,24). The number of dihydropyridines is 1. The Morgan fingerprint density at radius 2 is 2.11 bits per heavy atom. The number of nitriles is 1. The van der Waals surface area contributed by atoms with Gasteiger partial charge in [0.25, 0.3) is 0 Å². The molecule has 27 heavy (non-hydrogen) atoms. The van der Waals surface area contributed by atoms with Gasteiger partial charge in [-0.1, -0.05) is 48.2 Å². The third-order valence-electron chi connectivity index (χ3n) is 3.76. The Balaban J connectivity index is 2.55. The van der Waals surface area contributed by atoms with Crippen molar-refractivity contribution in [1.82, 2.24) is 5.32 Å². The second-order valence-electron chi connectivity index (χ2n) is 5.64. The average Bonchev–Trinajstić information content (AvgIpc) is 2.64. The first-order chi connectivity index (χ1) is 12.9.